The number of hydrogen-bond acceptors (Lipinski definition) is 4. The van der Waals surface area contributed by atoms with Crippen molar-refractivity contribution >= 4 is 39.0 Å². The predicted molar refractivity (Wildman–Crippen MR) is 60.9 cm³/mol. The van der Waals surface area contributed by atoms with Gasteiger partial charge in [0.1, 0.15) is 5.52 Å². The standard InChI is InChI=1S/C9H8F2N2S2/c1-12-5-3-4(10)7-8(6(5)11)15-9(13-7)14-2/h3,12H,1-2H3. The van der Waals surface area contributed by atoms with Gasteiger partial charge in [0.15, 0.2) is 16.0 Å². The van der Waals surface area contributed by atoms with Gasteiger partial charge >= 0.3 is 0 Å². The number of hydrogen-bond donors (Lipinski definition) is 1. The molecule has 0 radical (unpaired) electrons. The van der Waals surface area contributed by atoms with E-state index in [0.717, 1.165) is 17.4 Å². The normalized spacial score (nSPS) is 10.9. The molecule has 0 fully saturated rings. The number of aromatic nitrogens is 1. The molecule has 6 heteroatoms. The van der Waals surface area contributed by atoms with E-state index in [0.29, 0.717) is 4.34 Å². The van der Waals surface area contributed by atoms with Crippen molar-refractivity contribution < 1.29 is 8.78 Å². The SMILES string of the molecule is CNc1cc(F)c2nc(SC)sc2c1F. The lowest BCUT2D eigenvalue weighted by atomic mass is 10.2. The summed E-state index contributed by atoms with van der Waals surface area (Å²) in [6.07, 6.45) is 1.83. The van der Waals surface area contributed by atoms with Crippen molar-refractivity contribution in [3.05, 3.63) is 17.7 Å². The number of benzene rings is 1. The Morgan fingerprint density at radius 3 is 2.80 bits per heavy atom. The molecule has 1 heterocycles. The summed E-state index contributed by atoms with van der Waals surface area (Å²) in [5.41, 5.74) is 0.275. The Morgan fingerprint density at radius 1 is 1.47 bits per heavy atom. The molecule has 1 aromatic heterocycles. The van der Waals surface area contributed by atoms with E-state index in [4.69, 9.17) is 0 Å². The van der Waals surface area contributed by atoms with Crippen molar-refractivity contribution in [2.24, 2.45) is 0 Å². The lowest BCUT2D eigenvalue weighted by Gasteiger charge is -2.02. The van der Waals surface area contributed by atoms with E-state index in [1.807, 2.05) is 6.26 Å². The van der Waals surface area contributed by atoms with Crippen LogP contribution in [-0.2, 0) is 0 Å². The minimum atomic E-state index is -0.493. The Hall–Kier alpha value is -0.880. The second-order valence-electron chi connectivity index (χ2n) is 2.83. The maximum Gasteiger partial charge on any atom is 0.165 e. The van der Waals surface area contributed by atoms with E-state index in [9.17, 15) is 8.78 Å². The van der Waals surface area contributed by atoms with Crippen LogP contribution < -0.4 is 5.32 Å². The lowest BCUT2D eigenvalue weighted by molar-refractivity contribution is 0.620. The molecule has 0 saturated carbocycles. The van der Waals surface area contributed by atoms with E-state index >= 15 is 0 Å². The van der Waals surface area contributed by atoms with Crippen molar-refractivity contribution in [2.45, 2.75) is 4.34 Å². The molecule has 2 aromatic rings. The van der Waals surface area contributed by atoms with Crippen LogP contribution in [0.2, 0.25) is 0 Å². The largest absolute Gasteiger partial charge is 0.386 e. The zero-order valence-corrected chi connectivity index (χ0v) is 9.73. The summed E-state index contributed by atoms with van der Waals surface area (Å²) in [5.74, 6) is -0.931. The fraction of sp³-hybridized carbons (Fsp3) is 0.222. The molecule has 0 spiro atoms. The van der Waals surface area contributed by atoms with E-state index < -0.39 is 11.6 Å². The summed E-state index contributed by atoms with van der Waals surface area (Å²) in [4.78, 5) is 4.01. The number of fused-ring (bicyclic) bond motifs is 1. The maximum atomic E-state index is 13.7. The molecule has 0 amide bonds. The zero-order chi connectivity index (χ0) is 11.0. The Balaban J connectivity index is 2.78. The van der Waals surface area contributed by atoms with E-state index in [-0.39, 0.29) is 15.9 Å². The van der Waals surface area contributed by atoms with E-state index in [1.54, 1.807) is 7.05 Å². The third kappa shape index (κ3) is 1.68. The molecule has 0 saturated heterocycles. The average molecular weight is 246 g/mol. The second kappa shape index (κ2) is 3.94. The van der Waals surface area contributed by atoms with Crippen molar-refractivity contribution in [3.8, 4) is 0 Å². The highest BCUT2D eigenvalue weighted by atomic mass is 32.2. The molecular weight excluding hydrogens is 238 g/mol. The van der Waals surface area contributed by atoms with Gasteiger partial charge in [0.25, 0.3) is 0 Å². The summed E-state index contributed by atoms with van der Waals surface area (Å²) in [6, 6.07) is 1.13. The number of nitrogens with one attached hydrogen (secondary N) is 1. The van der Waals surface area contributed by atoms with Crippen LogP contribution in [0.5, 0.6) is 0 Å². The smallest absolute Gasteiger partial charge is 0.165 e. The summed E-state index contributed by atoms with van der Waals surface area (Å²) in [6.45, 7) is 0. The van der Waals surface area contributed by atoms with Crippen LogP contribution in [0.4, 0.5) is 14.5 Å². The van der Waals surface area contributed by atoms with Gasteiger partial charge in [0, 0.05) is 13.1 Å². The molecule has 1 N–H and O–H groups in total. The van der Waals surface area contributed by atoms with Gasteiger partial charge in [-0.2, -0.15) is 0 Å². The number of anilines is 1. The first-order valence-corrected chi connectivity index (χ1v) is 6.21. The van der Waals surface area contributed by atoms with Gasteiger partial charge in [-0.25, -0.2) is 13.8 Å². The van der Waals surface area contributed by atoms with Gasteiger partial charge < -0.3 is 5.32 Å². The minimum Gasteiger partial charge on any atom is -0.386 e. The molecule has 0 atom stereocenters. The average Bonchev–Trinajstić information content (AvgIpc) is 2.68. The van der Waals surface area contributed by atoms with Crippen molar-refractivity contribution in [2.75, 3.05) is 18.6 Å². The summed E-state index contributed by atoms with van der Waals surface area (Å²) in [5, 5.41) is 2.61. The summed E-state index contributed by atoms with van der Waals surface area (Å²) >= 11 is 2.54. The van der Waals surface area contributed by atoms with Crippen molar-refractivity contribution in [1.29, 1.82) is 0 Å². The monoisotopic (exact) mass is 246 g/mol. The van der Waals surface area contributed by atoms with Crippen LogP contribution >= 0.6 is 23.1 Å². The van der Waals surface area contributed by atoms with Crippen LogP contribution in [0, 0.1) is 11.6 Å². The first-order chi connectivity index (χ1) is 7.17. The molecule has 0 aliphatic carbocycles. The Labute approximate surface area is 93.7 Å². The third-order valence-electron chi connectivity index (χ3n) is 1.98. The van der Waals surface area contributed by atoms with Crippen molar-refractivity contribution in [1.82, 2.24) is 4.98 Å². The van der Waals surface area contributed by atoms with Gasteiger partial charge in [0.2, 0.25) is 0 Å². The highest BCUT2D eigenvalue weighted by Crippen LogP contribution is 2.34. The molecule has 2 nitrogen and oxygen atoms in total. The highest BCUT2D eigenvalue weighted by Gasteiger charge is 2.16. The fourth-order valence-corrected chi connectivity index (χ4v) is 2.78. The Morgan fingerprint density at radius 2 is 2.20 bits per heavy atom. The van der Waals surface area contributed by atoms with Crippen LogP contribution in [0.3, 0.4) is 0 Å². The molecule has 15 heavy (non-hydrogen) atoms. The molecule has 1 aromatic carbocycles. The number of rotatable bonds is 2. The molecule has 0 aliphatic rings. The summed E-state index contributed by atoms with van der Waals surface area (Å²) < 4.78 is 28.2. The predicted octanol–water partition coefficient (Wildman–Crippen LogP) is 3.34. The van der Waals surface area contributed by atoms with Gasteiger partial charge in [0.05, 0.1) is 10.4 Å². The molecule has 0 unspecified atom stereocenters. The molecular formula is C9H8F2N2S2. The van der Waals surface area contributed by atoms with Gasteiger partial charge in [-0.3, -0.25) is 0 Å². The number of thioether (sulfide) groups is 1. The van der Waals surface area contributed by atoms with Gasteiger partial charge in [-0.15, -0.1) is 11.3 Å². The number of nitrogens with zero attached hydrogens (tertiary/aromatic N) is 1. The Kier molecular flexibility index (Phi) is 2.79. The quantitative estimate of drug-likeness (QED) is 0.823. The molecule has 2 rings (SSSR count). The van der Waals surface area contributed by atoms with Gasteiger partial charge in [-0.1, -0.05) is 11.8 Å². The number of thiazole rings is 1. The first kappa shape index (κ1) is 10.6. The molecule has 0 aliphatic heterocycles. The van der Waals surface area contributed by atoms with E-state index in [2.05, 4.69) is 10.3 Å². The fourth-order valence-electron chi connectivity index (χ4n) is 1.26. The Bertz CT molecular complexity index is 510. The van der Waals surface area contributed by atoms with Crippen LogP contribution in [0.15, 0.2) is 10.4 Å². The maximum absolute atomic E-state index is 13.7. The number of halogens is 2. The molecule has 80 valence electrons. The van der Waals surface area contributed by atoms with Crippen LogP contribution in [0.25, 0.3) is 10.2 Å². The second-order valence-corrected chi connectivity index (χ2v) is 4.88. The first-order valence-electron chi connectivity index (χ1n) is 4.17. The van der Waals surface area contributed by atoms with Crippen LogP contribution in [0.1, 0.15) is 0 Å². The highest BCUT2D eigenvalue weighted by molar-refractivity contribution is 8.00. The van der Waals surface area contributed by atoms with Crippen molar-refractivity contribution in [3.63, 3.8) is 0 Å². The minimum absolute atomic E-state index is 0.112. The van der Waals surface area contributed by atoms with Crippen LogP contribution in [-0.4, -0.2) is 18.3 Å². The van der Waals surface area contributed by atoms with E-state index in [1.165, 1.54) is 11.8 Å². The van der Waals surface area contributed by atoms with Gasteiger partial charge in [-0.05, 0) is 6.26 Å². The third-order valence-corrected chi connectivity index (χ3v) is 4.02. The zero-order valence-electron chi connectivity index (χ0n) is 8.10. The topological polar surface area (TPSA) is 24.9 Å². The molecule has 0 bridgehead atoms. The summed E-state index contributed by atoms with van der Waals surface area (Å²) in [7, 11) is 1.56. The lowest BCUT2D eigenvalue weighted by Crippen LogP contribution is -1.94.